The number of nitrogens with zero attached hydrogens (tertiary/aromatic N) is 3. The zero-order chi connectivity index (χ0) is 26.8. The van der Waals surface area contributed by atoms with Crippen molar-refractivity contribution in [3.8, 4) is 11.1 Å². The van der Waals surface area contributed by atoms with Gasteiger partial charge in [-0.3, -0.25) is 24.8 Å². The number of pyridine rings is 2. The van der Waals surface area contributed by atoms with Gasteiger partial charge in [0.15, 0.2) is 0 Å². The van der Waals surface area contributed by atoms with Crippen LogP contribution in [0.25, 0.3) is 11.1 Å². The van der Waals surface area contributed by atoms with E-state index in [-0.39, 0.29) is 41.4 Å². The van der Waals surface area contributed by atoms with Crippen LogP contribution in [-0.4, -0.2) is 60.2 Å². The van der Waals surface area contributed by atoms with Crippen LogP contribution in [0.4, 0.5) is 26.0 Å². The number of carbonyl (C=O) groups excluding carboxylic acids is 1. The van der Waals surface area contributed by atoms with Gasteiger partial charge in [-0.2, -0.15) is 0 Å². The minimum absolute atomic E-state index is 0.0850. The number of carbonyl (C=O) groups is 1. The number of likely N-dealkylation sites (tertiary alicyclic amines) is 1. The molecule has 0 saturated carbocycles. The number of nitrogens with two attached hydrogens (primary N) is 1. The number of benzene rings is 1. The van der Waals surface area contributed by atoms with Gasteiger partial charge in [0.05, 0.1) is 24.7 Å². The second kappa shape index (κ2) is 10.2. The minimum Gasteiger partial charge on any atom is -0.398 e. The molecule has 1 aromatic carbocycles. The zero-order valence-electron chi connectivity index (χ0n) is 19.8. The summed E-state index contributed by atoms with van der Waals surface area (Å²) < 4.78 is 51.9. The molecule has 0 aliphatic carbocycles. The van der Waals surface area contributed by atoms with Gasteiger partial charge in [0, 0.05) is 48.7 Å². The van der Waals surface area contributed by atoms with E-state index in [4.69, 9.17) is 11.1 Å². The lowest BCUT2D eigenvalue weighted by Gasteiger charge is -2.16. The van der Waals surface area contributed by atoms with Crippen LogP contribution in [-0.2, 0) is 21.4 Å². The molecule has 3 heterocycles. The lowest BCUT2D eigenvalue weighted by Crippen LogP contribution is -2.24. The van der Waals surface area contributed by atoms with Crippen molar-refractivity contribution < 1.29 is 22.0 Å². The summed E-state index contributed by atoms with van der Waals surface area (Å²) in [5.74, 6) is -3.33. The number of halogens is 2. The molecular weight excluding hydrogens is 504 g/mol. The van der Waals surface area contributed by atoms with E-state index in [0.717, 1.165) is 11.8 Å². The third kappa shape index (κ3) is 6.83. The van der Waals surface area contributed by atoms with Crippen LogP contribution >= 0.6 is 0 Å². The van der Waals surface area contributed by atoms with Gasteiger partial charge in [-0.05, 0) is 41.5 Å². The van der Waals surface area contributed by atoms with E-state index in [0.29, 0.717) is 24.2 Å². The molecule has 0 unspecified atom stereocenters. The molecule has 0 spiro atoms. The van der Waals surface area contributed by atoms with Crippen molar-refractivity contribution in [3.05, 3.63) is 66.1 Å². The average molecular weight is 530 g/mol. The molecule has 13 heteroatoms. The van der Waals surface area contributed by atoms with Gasteiger partial charge < -0.3 is 11.1 Å². The van der Waals surface area contributed by atoms with Crippen LogP contribution in [0.1, 0.15) is 17.5 Å². The Labute approximate surface area is 212 Å². The van der Waals surface area contributed by atoms with E-state index in [2.05, 4.69) is 20.0 Å². The molecule has 4 rings (SSSR count). The fourth-order valence-electron chi connectivity index (χ4n) is 3.92. The second-order valence-electron chi connectivity index (χ2n) is 8.84. The van der Waals surface area contributed by atoms with Crippen molar-refractivity contribution in [3.63, 3.8) is 0 Å². The average Bonchev–Trinajstić information content (AvgIpc) is 3.17. The van der Waals surface area contributed by atoms with Gasteiger partial charge in [-0.1, -0.05) is 6.07 Å². The lowest BCUT2D eigenvalue weighted by atomic mass is 9.99. The van der Waals surface area contributed by atoms with E-state index in [1.165, 1.54) is 18.3 Å². The predicted octanol–water partition coefficient (Wildman–Crippen LogP) is 2.94. The topological polar surface area (TPSA) is 154 Å². The third-order valence-electron chi connectivity index (χ3n) is 5.64. The second-order valence-corrected chi connectivity index (χ2v) is 10.6. The first-order valence-corrected chi connectivity index (χ1v) is 13.1. The highest BCUT2D eigenvalue weighted by Crippen LogP contribution is 2.29. The predicted molar refractivity (Wildman–Crippen MR) is 137 cm³/mol. The highest BCUT2D eigenvalue weighted by atomic mass is 32.2. The summed E-state index contributed by atoms with van der Waals surface area (Å²) in [4.78, 5) is 22.5. The number of alkyl halides is 2. The number of sulfonamides is 1. The Bertz CT molecular complexity index is 1450. The van der Waals surface area contributed by atoms with Crippen LogP contribution in [0.2, 0.25) is 0 Å². The molecule has 0 bridgehead atoms. The van der Waals surface area contributed by atoms with Gasteiger partial charge >= 0.3 is 0 Å². The fourth-order valence-corrected chi connectivity index (χ4v) is 4.42. The van der Waals surface area contributed by atoms with E-state index in [1.807, 2.05) is 6.07 Å². The Morgan fingerprint density at radius 2 is 1.95 bits per heavy atom. The van der Waals surface area contributed by atoms with E-state index < -0.39 is 21.9 Å². The Hall–Kier alpha value is -3.97. The van der Waals surface area contributed by atoms with Crippen molar-refractivity contribution >= 4 is 38.8 Å². The maximum absolute atomic E-state index is 13.5. The standard InChI is InChI=1S/C24H25F2N7O3S/c1-37(35,36)32-21-5-3-18(12-30-21)31-23(34)22(28)19-9-16(2-4-20(19)27)17-8-15(10-29-11-17)13-33-7-6-24(25,26)14-33/h2-5,8-12,28H,6-7,13-14,27H2,1H3,(H,30,32)(H,31,34). The summed E-state index contributed by atoms with van der Waals surface area (Å²) in [6, 6.07) is 9.55. The van der Waals surface area contributed by atoms with Crippen molar-refractivity contribution in [1.29, 1.82) is 5.41 Å². The molecule has 5 N–H and O–H groups in total. The molecule has 10 nitrogen and oxygen atoms in total. The molecule has 2 aromatic heterocycles. The highest BCUT2D eigenvalue weighted by Gasteiger charge is 2.37. The van der Waals surface area contributed by atoms with Crippen LogP contribution in [0.5, 0.6) is 0 Å². The van der Waals surface area contributed by atoms with Gasteiger partial charge in [0.25, 0.3) is 11.8 Å². The molecule has 1 saturated heterocycles. The van der Waals surface area contributed by atoms with Crippen LogP contribution < -0.4 is 15.8 Å². The number of nitrogen functional groups attached to an aromatic ring is 1. The van der Waals surface area contributed by atoms with Crippen LogP contribution in [0, 0.1) is 5.41 Å². The molecule has 1 fully saturated rings. The highest BCUT2D eigenvalue weighted by molar-refractivity contribution is 7.92. The summed E-state index contributed by atoms with van der Waals surface area (Å²) in [7, 11) is -3.49. The molecule has 3 aromatic rings. The summed E-state index contributed by atoms with van der Waals surface area (Å²) in [6.45, 7) is 0.354. The van der Waals surface area contributed by atoms with Crippen molar-refractivity contribution in [1.82, 2.24) is 14.9 Å². The molecule has 0 atom stereocenters. The van der Waals surface area contributed by atoms with E-state index in [1.54, 1.807) is 35.5 Å². The molecular formula is C24H25F2N7O3S. The molecule has 1 amide bonds. The Morgan fingerprint density at radius 1 is 1.16 bits per heavy atom. The first-order valence-electron chi connectivity index (χ1n) is 11.2. The monoisotopic (exact) mass is 529 g/mol. The number of hydrogen-bond donors (Lipinski definition) is 4. The minimum atomic E-state index is -3.49. The number of rotatable bonds is 8. The van der Waals surface area contributed by atoms with Gasteiger partial charge in [0.2, 0.25) is 10.0 Å². The lowest BCUT2D eigenvalue weighted by molar-refractivity contribution is -0.110. The Morgan fingerprint density at radius 3 is 2.59 bits per heavy atom. The molecule has 194 valence electrons. The number of nitrogens with one attached hydrogen (secondary N) is 3. The normalized spacial score (nSPS) is 15.3. The quantitative estimate of drug-likeness (QED) is 0.258. The van der Waals surface area contributed by atoms with Crippen molar-refractivity contribution in [2.45, 2.75) is 18.9 Å². The SMILES string of the molecule is CS(=O)(=O)Nc1ccc(NC(=O)C(=N)c2cc(-c3cncc(CN4CCC(F)(F)C4)c3)ccc2N)cn1. The molecule has 0 radical (unpaired) electrons. The zero-order valence-corrected chi connectivity index (χ0v) is 20.6. The number of amides is 1. The first-order chi connectivity index (χ1) is 17.4. The molecule has 1 aliphatic heterocycles. The summed E-state index contributed by atoms with van der Waals surface area (Å²) >= 11 is 0. The van der Waals surface area contributed by atoms with E-state index >= 15 is 0 Å². The number of hydrogen-bond acceptors (Lipinski definition) is 8. The molecule has 1 aliphatic rings. The van der Waals surface area contributed by atoms with Gasteiger partial charge in [-0.25, -0.2) is 22.2 Å². The maximum atomic E-state index is 13.5. The summed E-state index contributed by atoms with van der Waals surface area (Å²) in [6.07, 6.45) is 5.32. The van der Waals surface area contributed by atoms with Crippen LogP contribution in [0.3, 0.4) is 0 Å². The van der Waals surface area contributed by atoms with Crippen LogP contribution in [0.15, 0.2) is 55.0 Å². The number of aromatic nitrogens is 2. The van der Waals surface area contributed by atoms with Gasteiger partial charge in [-0.15, -0.1) is 0 Å². The molecule has 37 heavy (non-hydrogen) atoms. The summed E-state index contributed by atoms with van der Waals surface area (Å²) in [5.41, 5.74) is 8.45. The maximum Gasteiger partial charge on any atom is 0.274 e. The van der Waals surface area contributed by atoms with Gasteiger partial charge in [0.1, 0.15) is 11.5 Å². The number of anilines is 3. The summed E-state index contributed by atoms with van der Waals surface area (Å²) in [5, 5.41) is 10.9. The largest absolute Gasteiger partial charge is 0.398 e. The fraction of sp³-hybridized carbons (Fsp3) is 0.250. The Kier molecular flexibility index (Phi) is 7.18. The van der Waals surface area contributed by atoms with Crippen molar-refractivity contribution in [2.24, 2.45) is 0 Å². The smallest absolute Gasteiger partial charge is 0.274 e. The van der Waals surface area contributed by atoms with E-state index in [9.17, 15) is 22.0 Å². The first kappa shape index (κ1) is 26.1. The Balaban J connectivity index is 1.48. The third-order valence-corrected chi connectivity index (χ3v) is 6.22. The van der Waals surface area contributed by atoms with Crippen molar-refractivity contribution in [2.75, 3.05) is 35.1 Å².